The predicted octanol–water partition coefficient (Wildman–Crippen LogP) is 5.20. The predicted molar refractivity (Wildman–Crippen MR) is 124 cm³/mol. The molecule has 1 N–H and O–H groups in total. The quantitative estimate of drug-likeness (QED) is 0.336. The molecule has 0 atom stereocenters. The zero-order chi connectivity index (χ0) is 22.1. The lowest BCUT2D eigenvalue weighted by molar-refractivity contribution is 0.0951. The molecule has 6 nitrogen and oxygen atoms in total. The largest absolute Gasteiger partial charge is 0.493 e. The van der Waals surface area contributed by atoms with Crippen molar-refractivity contribution in [2.24, 2.45) is 5.10 Å². The van der Waals surface area contributed by atoms with Gasteiger partial charge in [0.25, 0.3) is 5.91 Å². The maximum absolute atomic E-state index is 12.5. The number of hydrazone groups is 1. The summed E-state index contributed by atoms with van der Waals surface area (Å²) in [7, 11) is 1.58. The van der Waals surface area contributed by atoms with Crippen LogP contribution in [0.4, 0.5) is 0 Å². The number of benzene rings is 3. The first kappa shape index (κ1) is 22.4. The third-order valence-corrected chi connectivity index (χ3v) is 4.78. The summed E-state index contributed by atoms with van der Waals surface area (Å²) in [5.41, 5.74) is 4.75. The Labute approximate surface area is 190 Å². The zero-order valence-electron chi connectivity index (χ0n) is 17.3. The second-order valence-corrected chi connectivity index (χ2v) is 7.37. The molecule has 0 unspecified atom stereocenters. The highest BCUT2D eigenvalue weighted by atomic mass is 79.9. The van der Waals surface area contributed by atoms with E-state index in [9.17, 15) is 4.79 Å². The Kier molecular flexibility index (Phi) is 8.06. The van der Waals surface area contributed by atoms with Crippen molar-refractivity contribution in [2.45, 2.75) is 13.5 Å². The minimum absolute atomic E-state index is 0.365. The number of nitrogens with one attached hydrogen (secondary N) is 1. The fourth-order valence-corrected chi connectivity index (χ4v) is 3.17. The van der Waals surface area contributed by atoms with Gasteiger partial charge in [-0.25, -0.2) is 5.43 Å². The normalized spacial score (nSPS) is 10.7. The van der Waals surface area contributed by atoms with Crippen LogP contribution < -0.4 is 19.6 Å². The second kappa shape index (κ2) is 11.2. The number of rotatable bonds is 9. The van der Waals surface area contributed by atoms with Crippen LogP contribution in [0.1, 0.15) is 28.4 Å². The number of hydrogen-bond donors (Lipinski definition) is 1. The minimum atomic E-state index is -0.365. The maximum Gasteiger partial charge on any atom is 0.275 e. The number of nitrogens with zero attached hydrogens (tertiary/aromatic N) is 1. The molecule has 0 aromatic heterocycles. The second-order valence-electron chi connectivity index (χ2n) is 6.46. The SMILES string of the molecule is CCOc1ccc(Br)cc1C(=O)N/N=C/c1ccc(OCc2ccccc2)c(OC)c1. The molecule has 1 amide bonds. The highest BCUT2D eigenvalue weighted by Crippen LogP contribution is 2.28. The number of ether oxygens (including phenoxy) is 3. The van der Waals surface area contributed by atoms with E-state index in [2.05, 4.69) is 26.5 Å². The molecule has 0 heterocycles. The molecule has 160 valence electrons. The Balaban J connectivity index is 1.66. The van der Waals surface area contributed by atoms with E-state index in [1.165, 1.54) is 0 Å². The molecule has 3 aromatic carbocycles. The molecular formula is C24H23BrN2O4. The number of methoxy groups -OCH3 is 1. The van der Waals surface area contributed by atoms with Crippen molar-refractivity contribution >= 4 is 28.1 Å². The first-order valence-corrected chi connectivity index (χ1v) is 10.5. The number of hydrogen-bond acceptors (Lipinski definition) is 5. The van der Waals surface area contributed by atoms with Crippen molar-refractivity contribution in [3.63, 3.8) is 0 Å². The standard InChI is InChI=1S/C24H23BrN2O4/c1-3-30-21-12-10-19(25)14-20(21)24(28)27-26-15-18-9-11-22(23(13-18)29-2)31-16-17-7-5-4-6-8-17/h4-15H,3,16H2,1-2H3,(H,27,28)/b26-15+. The summed E-state index contributed by atoms with van der Waals surface area (Å²) in [6.07, 6.45) is 1.54. The van der Waals surface area contributed by atoms with Crippen LogP contribution in [0.25, 0.3) is 0 Å². The maximum atomic E-state index is 12.5. The summed E-state index contributed by atoms with van der Waals surface area (Å²) < 4.78 is 17.6. The third kappa shape index (κ3) is 6.33. The van der Waals surface area contributed by atoms with Crippen molar-refractivity contribution < 1.29 is 19.0 Å². The van der Waals surface area contributed by atoms with Crippen LogP contribution in [0.15, 0.2) is 76.3 Å². The van der Waals surface area contributed by atoms with E-state index in [-0.39, 0.29) is 5.91 Å². The van der Waals surface area contributed by atoms with Gasteiger partial charge in [-0.15, -0.1) is 0 Å². The van der Waals surface area contributed by atoms with Crippen LogP contribution in [-0.4, -0.2) is 25.8 Å². The lowest BCUT2D eigenvalue weighted by Crippen LogP contribution is -2.18. The molecule has 0 fully saturated rings. The molecule has 0 aliphatic carbocycles. The Morgan fingerprint density at radius 2 is 1.77 bits per heavy atom. The van der Waals surface area contributed by atoms with Gasteiger partial charge in [-0.05, 0) is 54.4 Å². The molecule has 0 spiro atoms. The summed E-state index contributed by atoms with van der Waals surface area (Å²) >= 11 is 3.37. The van der Waals surface area contributed by atoms with Crippen LogP contribution in [0.3, 0.4) is 0 Å². The van der Waals surface area contributed by atoms with Crippen LogP contribution in [-0.2, 0) is 6.61 Å². The van der Waals surface area contributed by atoms with Crippen molar-refractivity contribution in [3.05, 3.63) is 87.9 Å². The van der Waals surface area contributed by atoms with Gasteiger partial charge in [0, 0.05) is 4.47 Å². The van der Waals surface area contributed by atoms with Gasteiger partial charge in [0.05, 0.1) is 25.5 Å². The van der Waals surface area contributed by atoms with Gasteiger partial charge in [0.2, 0.25) is 0 Å². The van der Waals surface area contributed by atoms with E-state index >= 15 is 0 Å². The van der Waals surface area contributed by atoms with Crippen LogP contribution in [0.2, 0.25) is 0 Å². The summed E-state index contributed by atoms with van der Waals surface area (Å²) in [6, 6.07) is 20.6. The van der Waals surface area contributed by atoms with Gasteiger partial charge in [-0.2, -0.15) is 5.10 Å². The van der Waals surface area contributed by atoms with Gasteiger partial charge in [0.15, 0.2) is 11.5 Å². The number of amides is 1. The van der Waals surface area contributed by atoms with Crippen LogP contribution in [0, 0.1) is 0 Å². The molecule has 7 heteroatoms. The van der Waals surface area contributed by atoms with Gasteiger partial charge in [-0.3, -0.25) is 4.79 Å². The minimum Gasteiger partial charge on any atom is -0.493 e. The fourth-order valence-electron chi connectivity index (χ4n) is 2.81. The van der Waals surface area contributed by atoms with Crippen LogP contribution >= 0.6 is 15.9 Å². The van der Waals surface area contributed by atoms with E-state index in [4.69, 9.17) is 14.2 Å². The molecule has 3 aromatic rings. The van der Waals surface area contributed by atoms with Crippen LogP contribution in [0.5, 0.6) is 17.2 Å². The Morgan fingerprint density at radius 1 is 1.00 bits per heavy atom. The molecule has 3 rings (SSSR count). The Morgan fingerprint density at radius 3 is 2.52 bits per heavy atom. The molecule has 31 heavy (non-hydrogen) atoms. The molecule has 0 aliphatic rings. The van der Waals surface area contributed by atoms with E-state index in [1.54, 1.807) is 31.5 Å². The zero-order valence-corrected chi connectivity index (χ0v) is 18.9. The average molecular weight is 483 g/mol. The van der Waals surface area contributed by atoms with Crippen molar-refractivity contribution in [1.29, 1.82) is 0 Å². The van der Waals surface area contributed by atoms with Crippen molar-refractivity contribution in [1.82, 2.24) is 5.43 Å². The molecule has 0 aliphatic heterocycles. The van der Waals surface area contributed by atoms with Gasteiger partial charge in [-0.1, -0.05) is 46.3 Å². The first-order valence-electron chi connectivity index (χ1n) is 9.71. The molecule has 0 saturated heterocycles. The first-order chi connectivity index (χ1) is 15.1. The monoisotopic (exact) mass is 482 g/mol. The lowest BCUT2D eigenvalue weighted by atomic mass is 10.2. The molecule has 0 radical (unpaired) electrons. The Bertz CT molecular complexity index is 1050. The number of carbonyl (C=O) groups excluding carboxylic acids is 1. The van der Waals surface area contributed by atoms with Gasteiger partial charge in [0.1, 0.15) is 12.4 Å². The molecule has 0 bridgehead atoms. The Hall–Kier alpha value is -3.32. The fraction of sp³-hybridized carbons (Fsp3) is 0.167. The van der Waals surface area contributed by atoms with E-state index in [1.807, 2.05) is 55.5 Å². The van der Waals surface area contributed by atoms with E-state index in [0.29, 0.717) is 36.0 Å². The molecule has 0 saturated carbocycles. The lowest BCUT2D eigenvalue weighted by Gasteiger charge is -2.11. The smallest absolute Gasteiger partial charge is 0.275 e. The summed E-state index contributed by atoms with van der Waals surface area (Å²) in [5.74, 6) is 1.34. The summed E-state index contributed by atoms with van der Waals surface area (Å²) in [5, 5.41) is 4.06. The summed E-state index contributed by atoms with van der Waals surface area (Å²) in [6.45, 7) is 2.77. The van der Waals surface area contributed by atoms with Gasteiger partial charge < -0.3 is 14.2 Å². The topological polar surface area (TPSA) is 69.2 Å². The highest BCUT2D eigenvalue weighted by molar-refractivity contribution is 9.10. The molecular weight excluding hydrogens is 460 g/mol. The highest BCUT2D eigenvalue weighted by Gasteiger charge is 2.12. The van der Waals surface area contributed by atoms with E-state index < -0.39 is 0 Å². The number of carbonyl (C=O) groups is 1. The van der Waals surface area contributed by atoms with Gasteiger partial charge >= 0.3 is 0 Å². The number of halogens is 1. The average Bonchev–Trinajstić information content (AvgIpc) is 2.80. The van der Waals surface area contributed by atoms with Crippen molar-refractivity contribution in [2.75, 3.05) is 13.7 Å². The third-order valence-electron chi connectivity index (χ3n) is 4.29. The van der Waals surface area contributed by atoms with E-state index in [0.717, 1.165) is 15.6 Å². The van der Waals surface area contributed by atoms with Crippen molar-refractivity contribution in [3.8, 4) is 17.2 Å². The summed E-state index contributed by atoms with van der Waals surface area (Å²) in [4.78, 5) is 12.5.